The second-order valence-corrected chi connectivity index (χ2v) is 5.99. The summed E-state index contributed by atoms with van der Waals surface area (Å²) in [5.74, 6) is -0.322. The highest BCUT2D eigenvalue weighted by Crippen LogP contribution is 2.31. The van der Waals surface area contributed by atoms with Crippen LogP contribution in [0.4, 0.5) is 4.39 Å². The number of hydrogen-bond acceptors (Lipinski definition) is 4. The number of morpholine rings is 1. The molecule has 120 valence electrons. The summed E-state index contributed by atoms with van der Waals surface area (Å²) in [6.07, 6.45) is 3.17. The Morgan fingerprint density at radius 2 is 2.22 bits per heavy atom. The maximum Gasteiger partial charge on any atom is 0.292 e. The monoisotopic (exact) mass is 316 g/mol. The van der Waals surface area contributed by atoms with Gasteiger partial charge in [0.15, 0.2) is 0 Å². The fourth-order valence-corrected chi connectivity index (χ4v) is 3.48. The van der Waals surface area contributed by atoms with Crippen molar-refractivity contribution in [1.82, 2.24) is 10.1 Å². The molecule has 1 saturated heterocycles. The topological polar surface area (TPSA) is 55.6 Å². The van der Waals surface area contributed by atoms with Crippen LogP contribution in [0, 0.1) is 5.82 Å². The van der Waals surface area contributed by atoms with Crippen LogP contribution in [0.2, 0.25) is 0 Å². The first-order valence-electron chi connectivity index (χ1n) is 7.87. The number of aromatic nitrogens is 1. The van der Waals surface area contributed by atoms with Gasteiger partial charge in [-0.2, -0.15) is 0 Å². The average Bonchev–Trinajstić information content (AvgIpc) is 3.23. The van der Waals surface area contributed by atoms with Crippen LogP contribution in [0.1, 0.15) is 29.8 Å². The Balaban J connectivity index is 1.57. The van der Waals surface area contributed by atoms with Crippen LogP contribution in [-0.2, 0) is 4.74 Å². The molecule has 6 heteroatoms. The van der Waals surface area contributed by atoms with Crippen LogP contribution in [0.25, 0.3) is 11.3 Å². The third kappa shape index (κ3) is 2.63. The van der Waals surface area contributed by atoms with Crippen LogP contribution in [0.5, 0.6) is 0 Å². The number of rotatable bonds is 2. The molecule has 2 aromatic rings. The van der Waals surface area contributed by atoms with Gasteiger partial charge in [-0.25, -0.2) is 4.39 Å². The molecule has 2 aliphatic rings. The van der Waals surface area contributed by atoms with Gasteiger partial charge in [-0.15, -0.1) is 0 Å². The number of fused-ring (bicyclic) bond motifs is 1. The molecular formula is C17H17FN2O3. The highest BCUT2D eigenvalue weighted by atomic mass is 19.1. The number of amides is 1. The number of hydrogen-bond donors (Lipinski definition) is 0. The maximum absolute atomic E-state index is 13.3. The van der Waals surface area contributed by atoms with Crippen LogP contribution in [0.15, 0.2) is 34.9 Å². The Kier molecular flexibility index (Phi) is 3.61. The van der Waals surface area contributed by atoms with Crippen molar-refractivity contribution in [3.05, 3.63) is 41.9 Å². The summed E-state index contributed by atoms with van der Waals surface area (Å²) in [5, 5.41) is 3.91. The molecule has 0 N–H and O–H groups in total. The van der Waals surface area contributed by atoms with Gasteiger partial charge in [-0.05, 0) is 31.4 Å². The molecule has 1 aliphatic carbocycles. The molecule has 23 heavy (non-hydrogen) atoms. The van der Waals surface area contributed by atoms with Crippen molar-refractivity contribution in [2.75, 3.05) is 13.2 Å². The van der Waals surface area contributed by atoms with E-state index in [1.165, 1.54) is 12.1 Å². The van der Waals surface area contributed by atoms with E-state index in [1.807, 2.05) is 4.90 Å². The van der Waals surface area contributed by atoms with E-state index in [1.54, 1.807) is 18.2 Å². The molecule has 0 spiro atoms. The molecule has 1 aliphatic heterocycles. The summed E-state index contributed by atoms with van der Waals surface area (Å²) < 4.78 is 24.3. The zero-order chi connectivity index (χ0) is 15.8. The SMILES string of the molecule is O=C(c1cc(-c2cccc(F)c2)no1)N1CCOC2CCCC21. The number of ether oxygens (including phenoxy) is 1. The van der Waals surface area contributed by atoms with E-state index in [0.29, 0.717) is 24.4 Å². The fraction of sp³-hybridized carbons (Fsp3) is 0.412. The first kappa shape index (κ1) is 14.4. The Labute approximate surface area is 133 Å². The lowest BCUT2D eigenvalue weighted by Crippen LogP contribution is -2.51. The van der Waals surface area contributed by atoms with E-state index in [2.05, 4.69) is 5.16 Å². The van der Waals surface area contributed by atoms with Gasteiger partial charge in [0, 0.05) is 18.2 Å². The van der Waals surface area contributed by atoms with Crippen molar-refractivity contribution in [1.29, 1.82) is 0 Å². The fourth-order valence-electron chi connectivity index (χ4n) is 3.48. The summed E-state index contributed by atoms with van der Waals surface area (Å²) in [6.45, 7) is 1.12. The Morgan fingerprint density at radius 1 is 1.30 bits per heavy atom. The Bertz CT molecular complexity index is 730. The highest BCUT2D eigenvalue weighted by Gasteiger charge is 2.39. The van der Waals surface area contributed by atoms with Crippen molar-refractivity contribution >= 4 is 5.91 Å². The zero-order valence-corrected chi connectivity index (χ0v) is 12.6. The van der Waals surface area contributed by atoms with Gasteiger partial charge in [0.05, 0.1) is 18.8 Å². The van der Waals surface area contributed by atoms with E-state index < -0.39 is 0 Å². The van der Waals surface area contributed by atoms with Crippen molar-refractivity contribution in [2.45, 2.75) is 31.4 Å². The minimum Gasteiger partial charge on any atom is -0.374 e. The first-order chi connectivity index (χ1) is 11.2. The molecule has 1 amide bonds. The van der Waals surface area contributed by atoms with Gasteiger partial charge < -0.3 is 14.2 Å². The third-order valence-electron chi connectivity index (χ3n) is 4.58. The number of carbonyl (C=O) groups excluding carboxylic acids is 1. The molecule has 1 aromatic carbocycles. The molecule has 1 aromatic heterocycles. The third-order valence-corrected chi connectivity index (χ3v) is 4.58. The van der Waals surface area contributed by atoms with Crippen molar-refractivity contribution < 1.29 is 18.4 Å². The minimum absolute atomic E-state index is 0.124. The van der Waals surface area contributed by atoms with Gasteiger partial charge in [0.2, 0.25) is 5.76 Å². The van der Waals surface area contributed by atoms with Crippen LogP contribution in [-0.4, -0.2) is 41.3 Å². The Morgan fingerprint density at radius 3 is 3.09 bits per heavy atom. The number of nitrogens with zero attached hydrogens (tertiary/aromatic N) is 2. The van der Waals surface area contributed by atoms with Gasteiger partial charge in [0.1, 0.15) is 11.5 Å². The summed E-state index contributed by atoms with van der Waals surface area (Å²) in [7, 11) is 0. The van der Waals surface area contributed by atoms with Crippen molar-refractivity contribution in [3.8, 4) is 11.3 Å². The molecule has 0 bridgehead atoms. The first-order valence-corrected chi connectivity index (χ1v) is 7.87. The normalized spacial score (nSPS) is 23.8. The van der Waals surface area contributed by atoms with Crippen molar-refractivity contribution in [3.63, 3.8) is 0 Å². The molecular weight excluding hydrogens is 299 g/mol. The van der Waals surface area contributed by atoms with Crippen molar-refractivity contribution in [2.24, 2.45) is 0 Å². The lowest BCUT2D eigenvalue weighted by atomic mass is 10.1. The summed E-state index contributed by atoms with van der Waals surface area (Å²) in [5.41, 5.74) is 1.05. The lowest BCUT2D eigenvalue weighted by Gasteiger charge is -2.37. The summed E-state index contributed by atoms with van der Waals surface area (Å²) in [6, 6.07) is 7.77. The van der Waals surface area contributed by atoms with E-state index in [0.717, 1.165) is 19.3 Å². The summed E-state index contributed by atoms with van der Waals surface area (Å²) >= 11 is 0. The second-order valence-electron chi connectivity index (χ2n) is 5.99. The predicted molar refractivity (Wildman–Crippen MR) is 80.3 cm³/mol. The molecule has 2 fully saturated rings. The molecule has 0 radical (unpaired) electrons. The van der Waals surface area contributed by atoms with Crippen LogP contribution >= 0.6 is 0 Å². The molecule has 1 saturated carbocycles. The van der Waals surface area contributed by atoms with Gasteiger partial charge in [0.25, 0.3) is 5.91 Å². The highest BCUT2D eigenvalue weighted by molar-refractivity contribution is 5.92. The molecule has 2 atom stereocenters. The Hall–Kier alpha value is -2.21. The molecule has 2 unspecified atom stereocenters. The van der Waals surface area contributed by atoms with Crippen LogP contribution < -0.4 is 0 Å². The molecule has 5 nitrogen and oxygen atoms in total. The smallest absolute Gasteiger partial charge is 0.292 e. The van der Waals surface area contributed by atoms with Crippen LogP contribution in [0.3, 0.4) is 0 Å². The maximum atomic E-state index is 13.3. The lowest BCUT2D eigenvalue weighted by molar-refractivity contribution is -0.0456. The minimum atomic E-state index is -0.347. The number of halogens is 1. The largest absolute Gasteiger partial charge is 0.374 e. The average molecular weight is 316 g/mol. The van der Waals surface area contributed by atoms with Gasteiger partial charge >= 0.3 is 0 Å². The van der Waals surface area contributed by atoms with Gasteiger partial charge in [-0.3, -0.25) is 4.79 Å². The second kappa shape index (κ2) is 5.77. The van der Waals surface area contributed by atoms with E-state index in [4.69, 9.17) is 9.26 Å². The number of carbonyl (C=O) groups is 1. The molecule has 4 rings (SSSR count). The van der Waals surface area contributed by atoms with E-state index in [9.17, 15) is 9.18 Å². The van der Waals surface area contributed by atoms with E-state index >= 15 is 0 Å². The standard InChI is InChI=1S/C17H17FN2O3/c18-12-4-1-3-11(9-12)13-10-16(23-19-13)17(21)20-7-8-22-15-6-2-5-14(15)20/h1,3-4,9-10,14-15H,2,5-8H2. The predicted octanol–water partition coefficient (Wildman–Crippen LogP) is 2.87. The quantitative estimate of drug-likeness (QED) is 0.855. The zero-order valence-electron chi connectivity index (χ0n) is 12.6. The summed E-state index contributed by atoms with van der Waals surface area (Å²) in [4.78, 5) is 14.5. The number of benzene rings is 1. The van der Waals surface area contributed by atoms with Gasteiger partial charge in [-0.1, -0.05) is 17.3 Å². The molecule has 2 heterocycles. The van der Waals surface area contributed by atoms with E-state index in [-0.39, 0.29) is 29.6 Å².